The van der Waals surface area contributed by atoms with Gasteiger partial charge in [-0.15, -0.1) is 0 Å². The van der Waals surface area contributed by atoms with E-state index >= 15 is 0 Å². The highest BCUT2D eigenvalue weighted by molar-refractivity contribution is 6.30. The molecule has 0 bridgehead atoms. The van der Waals surface area contributed by atoms with Crippen molar-refractivity contribution in [3.8, 4) is 0 Å². The maximum atomic E-state index is 12.6. The van der Waals surface area contributed by atoms with Crippen LogP contribution in [-0.4, -0.2) is 17.7 Å². The van der Waals surface area contributed by atoms with Gasteiger partial charge >= 0.3 is 11.9 Å². The molecule has 2 aliphatic rings. The predicted molar refractivity (Wildman–Crippen MR) is 81.2 cm³/mol. The zero-order valence-electron chi connectivity index (χ0n) is 12.3. The first-order chi connectivity index (χ1) is 10.3. The standard InChI is InChI=1S/C17H15ClO4/c1-10-8-9-17(13(10)11-4-6-12(18)7-5-11)14(19)21-16(2,3)22-15(17)20/h4-9,13H,1H2,2-3H3. The number of cyclic esters (lactones) is 2. The van der Waals surface area contributed by atoms with E-state index in [0.717, 1.165) is 5.56 Å². The molecule has 1 saturated heterocycles. The van der Waals surface area contributed by atoms with Crippen molar-refractivity contribution in [3.63, 3.8) is 0 Å². The molecule has 114 valence electrons. The predicted octanol–water partition coefficient (Wildman–Crippen LogP) is 3.37. The highest BCUT2D eigenvalue weighted by Gasteiger charge is 2.61. The van der Waals surface area contributed by atoms with Crippen LogP contribution in [0.3, 0.4) is 0 Å². The molecule has 0 N–H and O–H groups in total. The molecule has 1 fully saturated rings. The van der Waals surface area contributed by atoms with E-state index in [4.69, 9.17) is 21.1 Å². The molecule has 1 aliphatic heterocycles. The lowest BCUT2D eigenvalue weighted by atomic mass is 9.72. The van der Waals surface area contributed by atoms with Crippen molar-refractivity contribution < 1.29 is 19.1 Å². The van der Waals surface area contributed by atoms with Crippen LogP contribution in [-0.2, 0) is 19.1 Å². The summed E-state index contributed by atoms with van der Waals surface area (Å²) in [5, 5.41) is 0.573. The van der Waals surface area contributed by atoms with Crippen LogP contribution < -0.4 is 0 Å². The van der Waals surface area contributed by atoms with Gasteiger partial charge in [-0.3, -0.25) is 9.59 Å². The lowest BCUT2D eigenvalue weighted by Gasteiger charge is -2.40. The van der Waals surface area contributed by atoms with E-state index in [9.17, 15) is 9.59 Å². The SMILES string of the molecule is C=C1C=CC2(C(=O)OC(C)(C)OC2=O)C1c1ccc(Cl)cc1. The largest absolute Gasteiger partial charge is 0.422 e. The Balaban J connectivity index is 2.10. The molecule has 1 aromatic carbocycles. The van der Waals surface area contributed by atoms with Crippen LogP contribution >= 0.6 is 11.6 Å². The van der Waals surface area contributed by atoms with E-state index in [0.29, 0.717) is 10.6 Å². The Bertz CT molecular complexity index is 680. The normalized spacial score (nSPS) is 25.2. The molecule has 1 spiro atoms. The Kier molecular flexibility index (Phi) is 3.18. The van der Waals surface area contributed by atoms with Crippen LogP contribution in [0.5, 0.6) is 0 Å². The maximum Gasteiger partial charge on any atom is 0.331 e. The Labute approximate surface area is 133 Å². The van der Waals surface area contributed by atoms with Gasteiger partial charge in [-0.1, -0.05) is 42.5 Å². The van der Waals surface area contributed by atoms with Gasteiger partial charge in [0.05, 0.1) is 0 Å². The lowest BCUT2D eigenvalue weighted by molar-refractivity contribution is -0.247. The maximum absolute atomic E-state index is 12.6. The molecule has 0 saturated carbocycles. The van der Waals surface area contributed by atoms with Crippen LogP contribution in [0.4, 0.5) is 0 Å². The number of esters is 2. The molecule has 1 aliphatic carbocycles. The van der Waals surface area contributed by atoms with Gasteiger partial charge in [0.2, 0.25) is 0 Å². The topological polar surface area (TPSA) is 52.6 Å². The molecule has 0 amide bonds. The van der Waals surface area contributed by atoms with Gasteiger partial charge in [0.1, 0.15) is 0 Å². The fourth-order valence-corrected chi connectivity index (χ4v) is 3.07. The Morgan fingerprint density at radius 3 is 2.18 bits per heavy atom. The van der Waals surface area contributed by atoms with E-state index < -0.39 is 29.1 Å². The van der Waals surface area contributed by atoms with E-state index in [1.807, 2.05) is 0 Å². The molecule has 22 heavy (non-hydrogen) atoms. The molecule has 4 nitrogen and oxygen atoms in total. The lowest BCUT2D eigenvalue weighted by Crippen LogP contribution is -2.54. The molecule has 0 radical (unpaired) electrons. The summed E-state index contributed by atoms with van der Waals surface area (Å²) in [4.78, 5) is 25.2. The average molecular weight is 319 g/mol. The van der Waals surface area contributed by atoms with Crippen molar-refractivity contribution >= 4 is 23.5 Å². The molecule has 1 atom stereocenters. The number of rotatable bonds is 1. The molecular formula is C17H15ClO4. The summed E-state index contributed by atoms with van der Waals surface area (Å²) in [5.41, 5.74) is -0.107. The Morgan fingerprint density at radius 2 is 1.64 bits per heavy atom. The van der Waals surface area contributed by atoms with Crippen molar-refractivity contribution in [1.82, 2.24) is 0 Å². The first kappa shape index (κ1) is 14.9. The van der Waals surface area contributed by atoms with Crippen molar-refractivity contribution in [3.05, 3.63) is 59.2 Å². The van der Waals surface area contributed by atoms with Crippen LogP contribution in [0.1, 0.15) is 25.3 Å². The van der Waals surface area contributed by atoms with Crippen LogP contribution in [0.25, 0.3) is 0 Å². The number of carbonyl (C=O) groups is 2. The van der Waals surface area contributed by atoms with E-state index in [1.54, 1.807) is 30.3 Å². The number of carbonyl (C=O) groups excluding carboxylic acids is 2. The van der Waals surface area contributed by atoms with Crippen LogP contribution in [0.15, 0.2) is 48.6 Å². The van der Waals surface area contributed by atoms with Crippen molar-refractivity contribution in [2.75, 3.05) is 0 Å². The van der Waals surface area contributed by atoms with Gasteiger partial charge in [0.25, 0.3) is 5.79 Å². The van der Waals surface area contributed by atoms with E-state index in [1.165, 1.54) is 19.9 Å². The summed E-state index contributed by atoms with van der Waals surface area (Å²) in [6, 6.07) is 6.96. The second-order valence-electron chi connectivity index (χ2n) is 5.94. The van der Waals surface area contributed by atoms with Gasteiger partial charge < -0.3 is 9.47 Å². The summed E-state index contributed by atoms with van der Waals surface area (Å²) in [6.07, 6.45) is 3.19. The monoisotopic (exact) mass is 318 g/mol. The summed E-state index contributed by atoms with van der Waals surface area (Å²) < 4.78 is 10.6. The minimum absolute atomic E-state index is 0.555. The zero-order valence-corrected chi connectivity index (χ0v) is 13.0. The van der Waals surface area contributed by atoms with Crippen molar-refractivity contribution in [2.45, 2.75) is 25.6 Å². The highest BCUT2D eigenvalue weighted by Crippen LogP contribution is 2.52. The second kappa shape index (κ2) is 4.71. The summed E-state index contributed by atoms with van der Waals surface area (Å²) >= 11 is 5.91. The number of halogens is 1. The number of benzene rings is 1. The Morgan fingerprint density at radius 1 is 1.09 bits per heavy atom. The second-order valence-corrected chi connectivity index (χ2v) is 6.38. The van der Waals surface area contributed by atoms with Crippen molar-refractivity contribution in [2.24, 2.45) is 5.41 Å². The number of allylic oxidation sites excluding steroid dienone is 2. The fraction of sp³-hybridized carbons (Fsp3) is 0.294. The van der Waals surface area contributed by atoms with Gasteiger partial charge in [-0.2, -0.15) is 0 Å². The third-order valence-corrected chi connectivity index (χ3v) is 4.19. The molecule has 1 heterocycles. The van der Waals surface area contributed by atoms with E-state index in [-0.39, 0.29) is 0 Å². The summed E-state index contributed by atoms with van der Waals surface area (Å²) in [6.45, 7) is 7.01. The van der Waals surface area contributed by atoms with Gasteiger partial charge in [-0.25, -0.2) is 0 Å². The molecule has 3 rings (SSSR count). The number of hydrogen-bond acceptors (Lipinski definition) is 4. The van der Waals surface area contributed by atoms with Crippen LogP contribution in [0, 0.1) is 5.41 Å². The third kappa shape index (κ3) is 2.06. The van der Waals surface area contributed by atoms with E-state index in [2.05, 4.69) is 6.58 Å². The zero-order chi connectivity index (χ0) is 16.1. The first-order valence-corrected chi connectivity index (χ1v) is 7.24. The highest BCUT2D eigenvalue weighted by atomic mass is 35.5. The van der Waals surface area contributed by atoms with Gasteiger partial charge in [0.15, 0.2) is 5.41 Å². The molecule has 5 heteroatoms. The minimum atomic E-state index is -1.51. The molecular weight excluding hydrogens is 304 g/mol. The quantitative estimate of drug-likeness (QED) is 0.588. The number of hydrogen-bond donors (Lipinski definition) is 0. The van der Waals surface area contributed by atoms with Crippen molar-refractivity contribution in [1.29, 1.82) is 0 Å². The average Bonchev–Trinajstić information content (AvgIpc) is 2.76. The molecule has 0 aromatic heterocycles. The fourth-order valence-electron chi connectivity index (χ4n) is 2.95. The van der Waals surface area contributed by atoms with Crippen LogP contribution in [0.2, 0.25) is 5.02 Å². The third-order valence-electron chi connectivity index (χ3n) is 3.94. The van der Waals surface area contributed by atoms with Gasteiger partial charge in [0, 0.05) is 24.8 Å². The van der Waals surface area contributed by atoms with Gasteiger partial charge in [-0.05, 0) is 23.3 Å². The summed E-state index contributed by atoms with van der Waals surface area (Å²) in [5.74, 6) is -3.06. The molecule has 1 unspecified atom stereocenters. The smallest absolute Gasteiger partial charge is 0.331 e. The first-order valence-electron chi connectivity index (χ1n) is 6.87. The molecule has 1 aromatic rings. The Hall–Kier alpha value is -2.07. The summed E-state index contributed by atoms with van der Waals surface area (Å²) in [7, 11) is 0. The minimum Gasteiger partial charge on any atom is -0.422 e. The number of ether oxygens (including phenoxy) is 2.